The Labute approximate surface area is 98.4 Å². The molecule has 0 aromatic carbocycles. The van der Waals surface area contributed by atoms with Gasteiger partial charge in [0.1, 0.15) is 0 Å². The molecule has 92 valence electrons. The van der Waals surface area contributed by atoms with Crippen molar-refractivity contribution in [2.24, 2.45) is 5.92 Å². The van der Waals surface area contributed by atoms with Crippen LogP contribution >= 0.6 is 0 Å². The molecule has 0 radical (unpaired) electrons. The molecule has 2 N–H and O–H groups in total. The molecule has 3 heteroatoms. The topological polar surface area (TPSA) is 41.1 Å². The van der Waals surface area contributed by atoms with Gasteiger partial charge in [-0.2, -0.15) is 0 Å². The zero-order valence-corrected chi connectivity index (χ0v) is 10.3. The molecule has 1 saturated heterocycles. The zero-order chi connectivity index (χ0) is 11.4. The van der Waals surface area contributed by atoms with Crippen LogP contribution in [0.5, 0.6) is 0 Å². The van der Waals surface area contributed by atoms with Crippen molar-refractivity contribution in [2.45, 2.75) is 64.0 Å². The van der Waals surface area contributed by atoms with Crippen molar-refractivity contribution in [3.63, 3.8) is 0 Å². The van der Waals surface area contributed by atoms with Gasteiger partial charge in [-0.25, -0.2) is 0 Å². The molecule has 2 fully saturated rings. The van der Waals surface area contributed by atoms with Crippen molar-refractivity contribution in [1.82, 2.24) is 10.6 Å². The highest BCUT2D eigenvalue weighted by molar-refractivity contribution is 5.82. The third-order valence-corrected chi connectivity index (χ3v) is 4.07. The van der Waals surface area contributed by atoms with Crippen LogP contribution < -0.4 is 10.6 Å². The summed E-state index contributed by atoms with van der Waals surface area (Å²) in [5, 5.41) is 6.58. The third-order valence-electron chi connectivity index (χ3n) is 4.07. The fourth-order valence-corrected chi connectivity index (χ4v) is 2.90. The monoisotopic (exact) mass is 224 g/mol. The molecular weight excluding hydrogens is 200 g/mol. The van der Waals surface area contributed by atoms with Crippen LogP contribution in [0.1, 0.15) is 51.9 Å². The molecule has 0 spiro atoms. The van der Waals surface area contributed by atoms with E-state index in [1.165, 1.54) is 38.5 Å². The summed E-state index contributed by atoms with van der Waals surface area (Å²) < 4.78 is 0. The highest BCUT2D eigenvalue weighted by atomic mass is 16.2. The molecule has 2 aliphatic rings. The van der Waals surface area contributed by atoms with E-state index in [9.17, 15) is 4.79 Å². The van der Waals surface area contributed by atoms with Crippen molar-refractivity contribution in [2.75, 3.05) is 6.54 Å². The van der Waals surface area contributed by atoms with Crippen LogP contribution in [0.3, 0.4) is 0 Å². The Kier molecular flexibility index (Phi) is 4.22. The van der Waals surface area contributed by atoms with Gasteiger partial charge in [0.2, 0.25) is 5.91 Å². The lowest BCUT2D eigenvalue weighted by molar-refractivity contribution is -0.124. The van der Waals surface area contributed by atoms with E-state index in [0.29, 0.717) is 12.0 Å². The first-order valence-corrected chi connectivity index (χ1v) is 6.81. The Morgan fingerprint density at radius 2 is 2.00 bits per heavy atom. The van der Waals surface area contributed by atoms with Gasteiger partial charge in [-0.3, -0.25) is 4.79 Å². The standard InChI is InChI=1S/C13H24N2O/c1-10-6-5-8-11(10)15-13(16)12-7-3-2-4-9-14-12/h10-12,14H,2-9H2,1H3,(H,15,16). The molecule has 0 aromatic heterocycles. The Hall–Kier alpha value is -0.570. The molecule has 3 atom stereocenters. The number of rotatable bonds is 2. The van der Waals surface area contributed by atoms with Crippen molar-refractivity contribution in [3.8, 4) is 0 Å². The van der Waals surface area contributed by atoms with Crippen LogP contribution in [0.15, 0.2) is 0 Å². The summed E-state index contributed by atoms with van der Waals surface area (Å²) in [6, 6.07) is 0.493. The van der Waals surface area contributed by atoms with E-state index in [1.807, 2.05) is 0 Å². The second kappa shape index (κ2) is 5.67. The second-order valence-electron chi connectivity index (χ2n) is 5.38. The molecule has 2 rings (SSSR count). The van der Waals surface area contributed by atoms with Crippen molar-refractivity contribution in [3.05, 3.63) is 0 Å². The van der Waals surface area contributed by atoms with E-state index < -0.39 is 0 Å². The quantitative estimate of drug-likeness (QED) is 0.751. The summed E-state index contributed by atoms with van der Waals surface area (Å²) in [6.07, 6.45) is 8.37. The predicted octanol–water partition coefficient (Wildman–Crippen LogP) is 1.82. The normalized spacial score (nSPS) is 35.7. The van der Waals surface area contributed by atoms with Gasteiger partial charge in [0.25, 0.3) is 0 Å². The summed E-state index contributed by atoms with van der Waals surface area (Å²) in [5.74, 6) is 0.898. The Morgan fingerprint density at radius 3 is 2.75 bits per heavy atom. The molecule has 1 heterocycles. The summed E-state index contributed by atoms with van der Waals surface area (Å²) in [5.41, 5.74) is 0. The molecule has 1 saturated carbocycles. The summed E-state index contributed by atoms with van der Waals surface area (Å²) in [6.45, 7) is 3.25. The minimum Gasteiger partial charge on any atom is -0.352 e. The van der Waals surface area contributed by atoms with Crippen molar-refractivity contribution in [1.29, 1.82) is 0 Å². The number of hydrogen-bond acceptors (Lipinski definition) is 2. The maximum absolute atomic E-state index is 12.1. The zero-order valence-electron chi connectivity index (χ0n) is 10.3. The minimum atomic E-state index is 0.0651. The van der Waals surface area contributed by atoms with Crippen LogP contribution in [0.4, 0.5) is 0 Å². The van der Waals surface area contributed by atoms with E-state index in [4.69, 9.17) is 0 Å². The van der Waals surface area contributed by atoms with Gasteiger partial charge in [0.05, 0.1) is 6.04 Å². The number of carbonyl (C=O) groups is 1. The average molecular weight is 224 g/mol. The SMILES string of the molecule is CC1CCCC1NC(=O)C1CCCCCN1. The maximum Gasteiger partial charge on any atom is 0.237 e. The van der Waals surface area contributed by atoms with Gasteiger partial charge in [-0.15, -0.1) is 0 Å². The molecule has 1 aliphatic heterocycles. The Morgan fingerprint density at radius 1 is 1.12 bits per heavy atom. The Bertz CT molecular complexity index is 234. The smallest absolute Gasteiger partial charge is 0.237 e. The first kappa shape index (κ1) is 11.9. The van der Waals surface area contributed by atoms with Gasteiger partial charge >= 0.3 is 0 Å². The van der Waals surface area contributed by atoms with Crippen LogP contribution in [0.2, 0.25) is 0 Å². The third kappa shape index (κ3) is 2.97. The number of carbonyl (C=O) groups excluding carboxylic acids is 1. The van der Waals surface area contributed by atoms with Gasteiger partial charge in [-0.1, -0.05) is 26.2 Å². The van der Waals surface area contributed by atoms with Crippen LogP contribution in [0.25, 0.3) is 0 Å². The predicted molar refractivity (Wildman–Crippen MR) is 65.2 cm³/mol. The van der Waals surface area contributed by atoms with Gasteiger partial charge in [-0.05, 0) is 38.1 Å². The molecule has 3 nitrogen and oxygen atoms in total. The lowest BCUT2D eigenvalue weighted by Gasteiger charge is -2.22. The van der Waals surface area contributed by atoms with Crippen LogP contribution in [0, 0.1) is 5.92 Å². The highest BCUT2D eigenvalue weighted by Gasteiger charge is 2.27. The van der Waals surface area contributed by atoms with Crippen LogP contribution in [-0.4, -0.2) is 24.5 Å². The molecule has 1 amide bonds. The fraction of sp³-hybridized carbons (Fsp3) is 0.923. The number of hydrogen-bond donors (Lipinski definition) is 2. The first-order chi connectivity index (χ1) is 7.77. The molecule has 3 unspecified atom stereocenters. The van der Waals surface area contributed by atoms with Crippen LogP contribution in [-0.2, 0) is 4.79 Å². The van der Waals surface area contributed by atoms with Gasteiger partial charge < -0.3 is 10.6 Å². The van der Waals surface area contributed by atoms with E-state index in [2.05, 4.69) is 17.6 Å². The molecular formula is C13H24N2O. The molecule has 1 aliphatic carbocycles. The lowest BCUT2D eigenvalue weighted by Crippen LogP contribution is -2.48. The summed E-state index contributed by atoms with van der Waals surface area (Å²) in [4.78, 5) is 12.1. The van der Waals surface area contributed by atoms with E-state index in [-0.39, 0.29) is 11.9 Å². The highest BCUT2D eigenvalue weighted by Crippen LogP contribution is 2.25. The van der Waals surface area contributed by atoms with Crippen molar-refractivity contribution >= 4 is 5.91 Å². The molecule has 0 aromatic rings. The number of nitrogens with one attached hydrogen (secondary N) is 2. The van der Waals surface area contributed by atoms with Crippen molar-refractivity contribution < 1.29 is 4.79 Å². The van der Waals surface area contributed by atoms with E-state index in [0.717, 1.165) is 13.0 Å². The van der Waals surface area contributed by atoms with E-state index in [1.54, 1.807) is 0 Å². The largest absolute Gasteiger partial charge is 0.352 e. The minimum absolute atomic E-state index is 0.0651. The second-order valence-corrected chi connectivity index (χ2v) is 5.38. The molecule has 16 heavy (non-hydrogen) atoms. The van der Waals surface area contributed by atoms with Gasteiger partial charge in [0.15, 0.2) is 0 Å². The lowest BCUT2D eigenvalue weighted by atomic mass is 10.0. The Balaban J connectivity index is 1.81. The number of amides is 1. The van der Waals surface area contributed by atoms with E-state index >= 15 is 0 Å². The first-order valence-electron chi connectivity index (χ1n) is 6.81. The summed E-state index contributed by atoms with van der Waals surface area (Å²) >= 11 is 0. The van der Waals surface area contributed by atoms with Gasteiger partial charge in [0, 0.05) is 6.04 Å². The maximum atomic E-state index is 12.1. The fourth-order valence-electron chi connectivity index (χ4n) is 2.90. The molecule has 0 bridgehead atoms. The summed E-state index contributed by atoms with van der Waals surface area (Å²) in [7, 11) is 0. The average Bonchev–Trinajstić information content (AvgIpc) is 2.57.